The van der Waals surface area contributed by atoms with Gasteiger partial charge in [0.25, 0.3) is 0 Å². The van der Waals surface area contributed by atoms with E-state index in [2.05, 4.69) is 31.5 Å². The number of benzene rings is 1. The van der Waals surface area contributed by atoms with Crippen molar-refractivity contribution >= 4 is 51.0 Å². The molecule has 1 aromatic carbocycles. The monoisotopic (exact) mass is 437 g/mol. The molecule has 25 heavy (non-hydrogen) atoms. The fourth-order valence-corrected chi connectivity index (χ4v) is 2.35. The smallest absolute Gasteiger partial charge is 0.417 e. The summed E-state index contributed by atoms with van der Waals surface area (Å²) >= 11 is 8.53. The van der Waals surface area contributed by atoms with E-state index in [-0.39, 0.29) is 17.1 Å². The van der Waals surface area contributed by atoms with Crippen molar-refractivity contribution in [3.8, 4) is 0 Å². The molecule has 0 saturated carbocycles. The van der Waals surface area contributed by atoms with Crippen molar-refractivity contribution in [2.75, 3.05) is 10.6 Å². The minimum absolute atomic E-state index is 0.178. The maximum Gasteiger partial charge on any atom is 0.417 e. The van der Waals surface area contributed by atoms with Crippen LogP contribution in [0.25, 0.3) is 0 Å². The number of halogens is 5. The number of aromatic carboxylic acids is 1. The molecule has 2 rings (SSSR count). The van der Waals surface area contributed by atoms with E-state index in [1.54, 1.807) is 0 Å². The molecule has 0 bridgehead atoms. The van der Waals surface area contributed by atoms with Gasteiger partial charge in [-0.1, -0.05) is 11.6 Å². The number of carboxylic acid groups (broad SMARTS) is 1. The molecule has 2 aromatic rings. The normalized spacial score (nSPS) is 11.1. The van der Waals surface area contributed by atoms with Gasteiger partial charge in [-0.05, 0) is 40.2 Å². The van der Waals surface area contributed by atoms with Gasteiger partial charge >= 0.3 is 18.2 Å². The van der Waals surface area contributed by atoms with Crippen molar-refractivity contribution in [1.29, 1.82) is 0 Å². The van der Waals surface area contributed by atoms with Crippen LogP contribution in [0.2, 0.25) is 5.02 Å². The van der Waals surface area contributed by atoms with Crippen molar-refractivity contribution in [2.45, 2.75) is 6.18 Å². The van der Waals surface area contributed by atoms with Crippen LogP contribution in [0.3, 0.4) is 0 Å². The molecule has 3 N–H and O–H groups in total. The lowest BCUT2D eigenvalue weighted by atomic mass is 10.2. The largest absolute Gasteiger partial charge is 0.478 e. The third-order valence-electron chi connectivity index (χ3n) is 2.85. The third-order valence-corrected chi connectivity index (χ3v) is 3.61. The zero-order valence-corrected chi connectivity index (χ0v) is 14.3. The van der Waals surface area contributed by atoms with E-state index in [0.29, 0.717) is 10.5 Å². The summed E-state index contributed by atoms with van der Waals surface area (Å²) in [4.78, 5) is 26.8. The van der Waals surface area contributed by atoms with Gasteiger partial charge in [-0.3, -0.25) is 5.32 Å². The van der Waals surface area contributed by atoms with E-state index in [1.165, 1.54) is 18.3 Å². The lowest BCUT2D eigenvalue weighted by molar-refractivity contribution is -0.137. The molecule has 1 aromatic heterocycles. The summed E-state index contributed by atoms with van der Waals surface area (Å²) in [6.07, 6.45) is -3.43. The molecule has 0 unspecified atom stereocenters. The fraction of sp³-hybridized carbons (Fsp3) is 0.0714. The van der Waals surface area contributed by atoms with Crippen LogP contribution in [-0.2, 0) is 6.18 Å². The Balaban J connectivity index is 2.21. The van der Waals surface area contributed by atoms with Crippen LogP contribution in [0, 0.1) is 0 Å². The van der Waals surface area contributed by atoms with Gasteiger partial charge in [0.05, 0.1) is 10.6 Å². The van der Waals surface area contributed by atoms with E-state index in [4.69, 9.17) is 16.7 Å². The summed E-state index contributed by atoms with van der Waals surface area (Å²) in [7, 11) is 0. The topological polar surface area (TPSA) is 91.3 Å². The second-order valence-corrected chi connectivity index (χ2v) is 5.95. The number of urea groups is 1. The predicted octanol–water partition coefficient (Wildman–Crippen LogP) is 4.86. The Hall–Kier alpha value is -2.33. The fourth-order valence-electron chi connectivity index (χ4n) is 1.79. The van der Waals surface area contributed by atoms with Crippen LogP contribution in [0.5, 0.6) is 0 Å². The highest BCUT2D eigenvalue weighted by molar-refractivity contribution is 9.10. The van der Waals surface area contributed by atoms with E-state index in [0.717, 1.165) is 6.07 Å². The van der Waals surface area contributed by atoms with Crippen LogP contribution in [0.15, 0.2) is 34.9 Å². The average molecular weight is 439 g/mol. The highest BCUT2D eigenvalue weighted by Gasteiger charge is 2.33. The Morgan fingerprint density at radius 3 is 2.48 bits per heavy atom. The molecule has 132 valence electrons. The van der Waals surface area contributed by atoms with Crippen LogP contribution in [0.4, 0.5) is 29.5 Å². The van der Waals surface area contributed by atoms with Gasteiger partial charge in [0.1, 0.15) is 11.4 Å². The first-order chi connectivity index (χ1) is 11.6. The minimum Gasteiger partial charge on any atom is -0.478 e. The van der Waals surface area contributed by atoms with Gasteiger partial charge in [-0.2, -0.15) is 13.2 Å². The maximum absolute atomic E-state index is 12.8. The van der Waals surface area contributed by atoms with Gasteiger partial charge in [0, 0.05) is 16.4 Å². The van der Waals surface area contributed by atoms with Crippen LogP contribution in [0.1, 0.15) is 15.9 Å². The SMILES string of the molecule is O=C(Nc1ccc(Cl)c(C(F)(F)F)c1)Nc1ncc(Br)cc1C(=O)O. The van der Waals surface area contributed by atoms with Gasteiger partial charge in [-0.25, -0.2) is 14.6 Å². The van der Waals surface area contributed by atoms with Crippen LogP contribution < -0.4 is 10.6 Å². The maximum atomic E-state index is 12.8. The van der Waals surface area contributed by atoms with Crippen LogP contribution >= 0.6 is 27.5 Å². The molecule has 0 fully saturated rings. The first-order valence-corrected chi connectivity index (χ1v) is 7.58. The zero-order chi connectivity index (χ0) is 18.8. The van der Waals surface area contributed by atoms with Gasteiger partial charge in [0.2, 0.25) is 0 Å². The Labute approximate surface area is 152 Å². The highest BCUT2D eigenvalue weighted by Crippen LogP contribution is 2.36. The number of carboxylic acids is 1. The first kappa shape index (κ1) is 19.0. The Morgan fingerprint density at radius 1 is 1.20 bits per heavy atom. The van der Waals surface area contributed by atoms with Crippen molar-refractivity contribution in [1.82, 2.24) is 4.98 Å². The zero-order valence-electron chi connectivity index (χ0n) is 12.0. The lowest BCUT2D eigenvalue weighted by Gasteiger charge is -2.12. The summed E-state index contributed by atoms with van der Waals surface area (Å²) in [5.41, 5.74) is -1.58. The number of anilines is 2. The van der Waals surface area contributed by atoms with E-state index < -0.39 is 28.8 Å². The molecular formula is C14H8BrClF3N3O3. The standard InChI is InChI=1S/C14H8BrClF3N3O3/c15-6-3-8(12(23)24)11(20-5-6)22-13(25)21-7-1-2-10(16)9(4-7)14(17,18)19/h1-5H,(H,23,24)(H2,20,21,22,25). The Bertz CT molecular complexity index is 846. The molecule has 0 aliphatic heterocycles. The number of amides is 2. The molecule has 0 aliphatic carbocycles. The molecule has 11 heteroatoms. The van der Waals surface area contributed by atoms with Crippen LogP contribution in [-0.4, -0.2) is 22.1 Å². The molecule has 0 saturated heterocycles. The highest BCUT2D eigenvalue weighted by atomic mass is 79.9. The van der Waals surface area contributed by atoms with E-state index >= 15 is 0 Å². The minimum atomic E-state index is -4.69. The molecule has 6 nitrogen and oxygen atoms in total. The summed E-state index contributed by atoms with van der Waals surface area (Å²) < 4.78 is 38.8. The summed E-state index contributed by atoms with van der Waals surface area (Å²) in [5, 5.41) is 12.9. The number of hydrogen-bond donors (Lipinski definition) is 3. The average Bonchev–Trinajstić information content (AvgIpc) is 2.49. The lowest BCUT2D eigenvalue weighted by Crippen LogP contribution is -2.22. The molecule has 0 aliphatic rings. The van der Waals surface area contributed by atoms with Gasteiger partial charge in [0.15, 0.2) is 0 Å². The second kappa shape index (κ2) is 7.28. The Morgan fingerprint density at radius 2 is 1.88 bits per heavy atom. The number of nitrogens with zero attached hydrogens (tertiary/aromatic N) is 1. The number of carbonyl (C=O) groups is 2. The predicted molar refractivity (Wildman–Crippen MR) is 88.0 cm³/mol. The van der Waals surface area contributed by atoms with Crippen molar-refractivity contribution < 1.29 is 27.9 Å². The number of hydrogen-bond acceptors (Lipinski definition) is 3. The number of rotatable bonds is 3. The van der Waals surface area contributed by atoms with E-state index in [1.807, 2.05) is 0 Å². The Kier molecular flexibility index (Phi) is 5.53. The molecular weight excluding hydrogens is 431 g/mol. The molecule has 0 spiro atoms. The van der Waals surface area contributed by atoms with Gasteiger partial charge < -0.3 is 10.4 Å². The van der Waals surface area contributed by atoms with E-state index in [9.17, 15) is 22.8 Å². The number of pyridine rings is 1. The number of aromatic nitrogens is 1. The van der Waals surface area contributed by atoms with Crippen molar-refractivity contribution in [2.24, 2.45) is 0 Å². The third kappa shape index (κ3) is 4.83. The number of carbonyl (C=O) groups excluding carboxylic acids is 1. The van der Waals surface area contributed by atoms with Gasteiger partial charge in [-0.15, -0.1) is 0 Å². The summed E-state index contributed by atoms with van der Waals surface area (Å²) in [6, 6.07) is 3.07. The summed E-state index contributed by atoms with van der Waals surface area (Å²) in [6.45, 7) is 0. The molecule has 2 amide bonds. The molecule has 0 radical (unpaired) electrons. The second-order valence-electron chi connectivity index (χ2n) is 4.63. The molecule has 0 atom stereocenters. The first-order valence-electron chi connectivity index (χ1n) is 6.41. The quantitative estimate of drug-likeness (QED) is 0.638. The van der Waals surface area contributed by atoms with Crippen molar-refractivity contribution in [3.05, 3.63) is 51.1 Å². The number of nitrogens with one attached hydrogen (secondary N) is 2. The number of alkyl halides is 3. The van der Waals surface area contributed by atoms with Crippen molar-refractivity contribution in [3.63, 3.8) is 0 Å². The molecule has 1 heterocycles. The summed E-state index contributed by atoms with van der Waals surface area (Å²) in [5.74, 6) is -1.60.